The standard InChI is InChI=1S/C13H17ClN2O3S/c1-8-12(4-5-19-8)20(18)7-13(17)16-11-3-2-9(14)6-10(11)15/h2-3,6,8,12H,4-5,7,15H2,1H3,(H,16,17). The molecule has 3 unspecified atom stereocenters. The van der Waals surface area contributed by atoms with Gasteiger partial charge in [0.1, 0.15) is 5.75 Å². The van der Waals surface area contributed by atoms with Gasteiger partial charge in [0.2, 0.25) is 5.91 Å². The first kappa shape index (κ1) is 15.3. The Bertz CT molecular complexity index is 538. The quantitative estimate of drug-likeness (QED) is 0.830. The van der Waals surface area contributed by atoms with E-state index in [-0.39, 0.29) is 23.0 Å². The minimum Gasteiger partial charge on any atom is -0.397 e. The van der Waals surface area contributed by atoms with Crippen molar-refractivity contribution < 1.29 is 13.7 Å². The minimum atomic E-state index is -1.24. The SMILES string of the molecule is CC1OCCC1S(=O)CC(=O)Nc1ccc(Cl)cc1N. The molecule has 110 valence electrons. The molecule has 1 amide bonds. The van der Waals surface area contributed by atoms with E-state index in [0.717, 1.165) is 6.42 Å². The van der Waals surface area contributed by atoms with Crippen LogP contribution in [0.15, 0.2) is 18.2 Å². The Kier molecular flexibility index (Phi) is 5.01. The van der Waals surface area contributed by atoms with E-state index in [1.54, 1.807) is 18.2 Å². The van der Waals surface area contributed by atoms with Gasteiger partial charge < -0.3 is 15.8 Å². The summed E-state index contributed by atoms with van der Waals surface area (Å²) >= 11 is 5.78. The van der Waals surface area contributed by atoms with Gasteiger partial charge in [-0.1, -0.05) is 11.6 Å². The van der Waals surface area contributed by atoms with Crippen molar-refractivity contribution in [3.63, 3.8) is 0 Å². The lowest BCUT2D eigenvalue weighted by Crippen LogP contribution is -2.30. The number of nitrogens with two attached hydrogens (primary N) is 1. The van der Waals surface area contributed by atoms with Crippen molar-refractivity contribution in [1.29, 1.82) is 0 Å². The van der Waals surface area contributed by atoms with Gasteiger partial charge in [-0.2, -0.15) is 0 Å². The molecule has 0 aliphatic carbocycles. The van der Waals surface area contributed by atoms with Crippen LogP contribution in [0.2, 0.25) is 5.02 Å². The summed E-state index contributed by atoms with van der Waals surface area (Å²) in [6.45, 7) is 2.48. The molecule has 1 heterocycles. The van der Waals surface area contributed by atoms with E-state index < -0.39 is 10.8 Å². The number of nitrogens with one attached hydrogen (secondary N) is 1. The molecule has 1 fully saturated rings. The Morgan fingerprint density at radius 3 is 2.95 bits per heavy atom. The molecule has 7 heteroatoms. The minimum absolute atomic E-state index is 0.0551. The molecule has 1 saturated heterocycles. The fourth-order valence-electron chi connectivity index (χ4n) is 2.13. The third-order valence-electron chi connectivity index (χ3n) is 3.21. The lowest BCUT2D eigenvalue weighted by Gasteiger charge is -2.14. The summed E-state index contributed by atoms with van der Waals surface area (Å²) in [6.07, 6.45) is 0.661. The number of carbonyl (C=O) groups is 1. The molecule has 20 heavy (non-hydrogen) atoms. The summed E-state index contributed by atoms with van der Waals surface area (Å²) in [4.78, 5) is 11.9. The number of hydrogen-bond donors (Lipinski definition) is 2. The van der Waals surface area contributed by atoms with E-state index in [0.29, 0.717) is 23.0 Å². The summed E-state index contributed by atoms with van der Waals surface area (Å²) in [6, 6.07) is 4.82. The molecule has 3 N–H and O–H groups in total. The molecule has 0 bridgehead atoms. The highest BCUT2D eigenvalue weighted by atomic mass is 35.5. The molecule has 2 rings (SSSR count). The molecule has 1 aromatic carbocycles. The normalized spacial score (nSPS) is 23.5. The van der Waals surface area contributed by atoms with Crippen LogP contribution in [0.25, 0.3) is 0 Å². The lowest BCUT2D eigenvalue weighted by molar-refractivity contribution is -0.113. The number of nitrogen functional groups attached to an aromatic ring is 1. The number of ether oxygens (including phenoxy) is 1. The first-order valence-electron chi connectivity index (χ1n) is 6.31. The summed E-state index contributed by atoms with van der Waals surface area (Å²) in [5, 5.41) is 3.07. The number of halogens is 1. The second-order valence-electron chi connectivity index (χ2n) is 4.71. The number of anilines is 2. The second-order valence-corrected chi connectivity index (χ2v) is 6.80. The summed E-state index contributed by atoms with van der Waals surface area (Å²) < 4.78 is 17.5. The largest absolute Gasteiger partial charge is 0.397 e. The highest BCUT2D eigenvalue weighted by molar-refractivity contribution is 7.86. The van der Waals surface area contributed by atoms with Crippen LogP contribution in [0.3, 0.4) is 0 Å². The van der Waals surface area contributed by atoms with Crippen LogP contribution in [0.1, 0.15) is 13.3 Å². The van der Waals surface area contributed by atoms with Crippen LogP contribution < -0.4 is 11.1 Å². The third-order valence-corrected chi connectivity index (χ3v) is 5.28. The molecule has 3 atom stereocenters. The number of carbonyl (C=O) groups excluding carboxylic acids is 1. The fraction of sp³-hybridized carbons (Fsp3) is 0.462. The molecule has 5 nitrogen and oxygen atoms in total. The maximum absolute atomic E-state index is 12.1. The zero-order valence-corrected chi connectivity index (χ0v) is 12.7. The van der Waals surface area contributed by atoms with Crippen molar-refractivity contribution in [2.45, 2.75) is 24.7 Å². The van der Waals surface area contributed by atoms with Crippen LogP contribution >= 0.6 is 11.6 Å². The van der Waals surface area contributed by atoms with Gasteiger partial charge in [0.25, 0.3) is 0 Å². The van der Waals surface area contributed by atoms with Crippen LogP contribution in [0.5, 0.6) is 0 Å². The second kappa shape index (κ2) is 6.56. The Morgan fingerprint density at radius 2 is 2.35 bits per heavy atom. The summed E-state index contributed by atoms with van der Waals surface area (Å²) in [5.41, 5.74) is 6.61. The van der Waals surface area contributed by atoms with E-state index in [2.05, 4.69) is 5.32 Å². The Hall–Kier alpha value is -1.11. The van der Waals surface area contributed by atoms with Crippen molar-refractivity contribution >= 4 is 39.7 Å². The summed E-state index contributed by atoms with van der Waals surface area (Å²) in [7, 11) is -1.24. The topological polar surface area (TPSA) is 81.4 Å². The van der Waals surface area contributed by atoms with Crippen LogP contribution in [0.4, 0.5) is 11.4 Å². The van der Waals surface area contributed by atoms with Crippen molar-refractivity contribution in [2.24, 2.45) is 0 Å². The van der Waals surface area contributed by atoms with Gasteiger partial charge >= 0.3 is 0 Å². The molecule has 0 spiro atoms. The van der Waals surface area contributed by atoms with Gasteiger partial charge in [0.05, 0.1) is 22.7 Å². The zero-order chi connectivity index (χ0) is 14.7. The molecule has 1 aliphatic heterocycles. The number of hydrogen-bond acceptors (Lipinski definition) is 4. The molecule has 0 aromatic heterocycles. The van der Waals surface area contributed by atoms with Gasteiger partial charge in [0, 0.05) is 22.4 Å². The van der Waals surface area contributed by atoms with E-state index in [1.165, 1.54) is 0 Å². The lowest BCUT2D eigenvalue weighted by atomic mass is 10.2. The average molecular weight is 317 g/mol. The van der Waals surface area contributed by atoms with Gasteiger partial charge in [-0.3, -0.25) is 9.00 Å². The molecule has 0 saturated carbocycles. The Labute approximate surface area is 125 Å². The van der Waals surface area contributed by atoms with E-state index in [4.69, 9.17) is 22.1 Å². The Balaban J connectivity index is 1.93. The highest BCUT2D eigenvalue weighted by Crippen LogP contribution is 2.23. The van der Waals surface area contributed by atoms with Crippen molar-refractivity contribution in [3.05, 3.63) is 23.2 Å². The molecular weight excluding hydrogens is 300 g/mol. The van der Waals surface area contributed by atoms with Gasteiger partial charge in [-0.25, -0.2) is 0 Å². The monoisotopic (exact) mass is 316 g/mol. The first-order chi connectivity index (χ1) is 9.47. The fourth-order valence-corrected chi connectivity index (χ4v) is 3.72. The van der Waals surface area contributed by atoms with Gasteiger partial charge in [-0.05, 0) is 31.5 Å². The van der Waals surface area contributed by atoms with Gasteiger partial charge in [-0.15, -0.1) is 0 Å². The smallest absolute Gasteiger partial charge is 0.237 e. The first-order valence-corrected chi connectivity index (χ1v) is 8.07. The van der Waals surface area contributed by atoms with Crippen molar-refractivity contribution in [1.82, 2.24) is 0 Å². The van der Waals surface area contributed by atoms with Crippen molar-refractivity contribution in [3.8, 4) is 0 Å². The predicted molar refractivity (Wildman–Crippen MR) is 81.3 cm³/mol. The maximum Gasteiger partial charge on any atom is 0.237 e. The zero-order valence-electron chi connectivity index (χ0n) is 11.1. The van der Waals surface area contributed by atoms with E-state index in [1.807, 2.05) is 6.92 Å². The molecule has 0 radical (unpaired) electrons. The number of benzene rings is 1. The Morgan fingerprint density at radius 1 is 1.60 bits per heavy atom. The highest BCUT2D eigenvalue weighted by Gasteiger charge is 2.30. The van der Waals surface area contributed by atoms with Gasteiger partial charge in [0.15, 0.2) is 0 Å². The maximum atomic E-state index is 12.1. The predicted octanol–water partition coefficient (Wildman–Crippen LogP) is 1.79. The van der Waals surface area contributed by atoms with Crippen LogP contribution in [-0.2, 0) is 20.3 Å². The van der Waals surface area contributed by atoms with Crippen LogP contribution in [0, 0.1) is 0 Å². The average Bonchev–Trinajstić information content (AvgIpc) is 2.79. The van der Waals surface area contributed by atoms with Crippen molar-refractivity contribution in [2.75, 3.05) is 23.4 Å². The van der Waals surface area contributed by atoms with E-state index in [9.17, 15) is 9.00 Å². The number of rotatable bonds is 4. The third kappa shape index (κ3) is 3.71. The molecule has 1 aliphatic rings. The van der Waals surface area contributed by atoms with Crippen LogP contribution in [-0.4, -0.2) is 33.8 Å². The number of amides is 1. The van der Waals surface area contributed by atoms with E-state index >= 15 is 0 Å². The molecular formula is C13H17ClN2O3S. The summed E-state index contributed by atoms with van der Waals surface area (Å²) in [5.74, 6) is -0.378. The molecule has 1 aromatic rings.